The Bertz CT molecular complexity index is 1390. The lowest BCUT2D eigenvalue weighted by Crippen LogP contribution is -2.30. The van der Waals surface area contributed by atoms with Crippen molar-refractivity contribution >= 4 is 11.7 Å². The zero-order valence-electron chi connectivity index (χ0n) is 19.6. The Labute approximate surface area is 205 Å². The van der Waals surface area contributed by atoms with Crippen LogP contribution in [0.4, 0.5) is 5.69 Å². The molecular weight excluding hydrogens is 434 g/mol. The first kappa shape index (κ1) is 21.5. The molecule has 0 bridgehead atoms. The molecule has 0 spiro atoms. The highest BCUT2D eigenvalue weighted by atomic mass is 16.5. The number of anilines is 1. The van der Waals surface area contributed by atoms with Crippen LogP contribution in [0.15, 0.2) is 91.0 Å². The third-order valence-electron chi connectivity index (χ3n) is 7.41. The largest absolute Gasteiger partial charge is 0.489 e. The molecule has 2 aliphatic rings. The fraction of sp³-hybridized carbons (Fsp3) is 0.194. The summed E-state index contributed by atoms with van der Waals surface area (Å²) in [6.45, 7) is 2.63. The Hall–Kier alpha value is -4.05. The predicted octanol–water partition coefficient (Wildman–Crippen LogP) is 6.74. The second-order valence-corrected chi connectivity index (χ2v) is 9.62. The third-order valence-corrected chi connectivity index (χ3v) is 7.41. The standard InChI is InChI=1S/C31H27NO3/c1-19-6-8-20(9-7-19)18-35-24-13-10-21(11-14-24)30-27-16-22-4-2-3-5-25(22)29(27)26-17-23(31(33)34)12-15-28(26)32-30/h2-15,17,27,29-30,32H,16,18H2,1H3,(H,33,34)/t27-,29-,30-/m0/s1. The Morgan fingerprint density at radius 3 is 2.49 bits per heavy atom. The van der Waals surface area contributed by atoms with Gasteiger partial charge in [0.1, 0.15) is 12.4 Å². The van der Waals surface area contributed by atoms with E-state index < -0.39 is 5.97 Å². The van der Waals surface area contributed by atoms with Crippen molar-refractivity contribution in [2.75, 3.05) is 5.32 Å². The van der Waals surface area contributed by atoms with Crippen LogP contribution in [0, 0.1) is 12.8 Å². The van der Waals surface area contributed by atoms with Gasteiger partial charge < -0.3 is 15.2 Å². The summed E-state index contributed by atoms with van der Waals surface area (Å²) in [7, 11) is 0. The van der Waals surface area contributed by atoms with E-state index in [0.29, 0.717) is 18.1 Å². The highest BCUT2D eigenvalue weighted by molar-refractivity contribution is 5.89. The molecule has 3 atom stereocenters. The number of nitrogens with one attached hydrogen (secondary N) is 1. The van der Waals surface area contributed by atoms with E-state index >= 15 is 0 Å². The van der Waals surface area contributed by atoms with Crippen molar-refractivity contribution in [3.63, 3.8) is 0 Å². The average Bonchev–Trinajstić information content (AvgIpc) is 3.28. The molecule has 0 amide bonds. The van der Waals surface area contributed by atoms with E-state index in [1.807, 2.05) is 24.3 Å². The molecule has 1 aliphatic heterocycles. The zero-order chi connectivity index (χ0) is 23.9. The van der Waals surface area contributed by atoms with E-state index in [1.54, 1.807) is 6.07 Å². The molecule has 1 aliphatic carbocycles. The Morgan fingerprint density at radius 2 is 1.71 bits per heavy atom. The monoisotopic (exact) mass is 461 g/mol. The number of aromatic carboxylic acids is 1. The number of rotatable bonds is 5. The first-order chi connectivity index (χ1) is 17.1. The third kappa shape index (κ3) is 3.95. The highest BCUT2D eigenvalue weighted by Crippen LogP contribution is 2.54. The second-order valence-electron chi connectivity index (χ2n) is 9.62. The number of carboxylic acid groups (broad SMARTS) is 1. The quantitative estimate of drug-likeness (QED) is 0.345. The molecule has 1 heterocycles. The Balaban J connectivity index is 1.29. The molecule has 174 valence electrons. The molecule has 0 fully saturated rings. The van der Waals surface area contributed by atoms with Crippen molar-refractivity contribution in [2.24, 2.45) is 5.92 Å². The lowest BCUT2D eigenvalue weighted by molar-refractivity contribution is 0.0696. The van der Waals surface area contributed by atoms with E-state index in [4.69, 9.17) is 4.74 Å². The number of carbonyl (C=O) groups is 1. The number of hydrogen-bond acceptors (Lipinski definition) is 3. The van der Waals surface area contributed by atoms with Crippen LogP contribution in [0.2, 0.25) is 0 Å². The molecule has 0 saturated heterocycles. The van der Waals surface area contributed by atoms with Gasteiger partial charge in [-0.25, -0.2) is 4.79 Å². The van der Waals surface area contributed by atoms with Gasteiger partial charge in [0.25, 0.3) is 0 Å². The summed E-state index contributed by atoms with van der Waals surface area (Å²) in [6.07, 6.45) is 0.959. The summed E-state index contributed by atoms with van der Waals surface area (Å²) in [5.41, 5.74) is 8.69. The van der Waals surface area contributed by atoms with Gasteiger partial charge in [-0.2, -0.15) is 0 Å². The van der Waals surface area contributed by atoms with E-state index in [2.05, 4.69) is 72.9 Å². The maximum Gasteiger partial charge on any atom is 0.335 e. The van der Waals surface area contributed by atoms with Crippen molar-refractivity contribution in [3.8, 4) is 5.75 Å². The molecule has 0 unspecified atom stereocenters. The molecule has 4 aromatic carbocycles. The van der Waals surface area contributed by atoms with Gasteiger partial charge in [-0.05, 0) is 77.4 Å². The van der Waals surface area contributed by atoms with Crippen LogP contribution in [0.25, 0.3) is 0 Å². The van der Waals surface area contributed by atoms with Crippen LogP contribution < -0.4 is 10.1 Å². The van der Waals surface area contributed by atoms with Crippen LogP contribution >= 0.6 is 0 Å². The summed E-state index contributed by atoms with van der Waals surface area (Å²) >= 11 is 0. The molecule has 4 aromatic rings. The van der Waals surface area contributed by atoms with Gasteiger partial charge >= 0.3 is 5.97 Å². The molecular formula is C31H27NO3. The Kier molecular flexibility index (Phi) is 5.29. The van der Waals surface area contributed by atoms with Crippen LogP contribution in [-0.4, -0.2) is 11.1 Å². The van der Waals surface area contributed by atoms with Crippen molar-refractivity contribution in [2.45, 2.75) is 31.9 Å². The summed E-state index contributed by atoms with van der Waals surface area (Å²) in [6, 6.07) is 31.0. The molecule has 0 aromatic heterocycles. The van der Waals surface area contributed by atoms with Crippen LogP contribution in [0.1, 0.15) is 55.7 Å². The van der Waals surface area contributed by atoms with E-state index in [-0.39, 0.29) is 12.0 Å². The minimum Gasteiger partial charge on any atom is -0.489 e. The number of aryl methyl sites for hydroxylation is 1. The zero-order valence-corrected chi connectivity index (χ0v) is 19.6. The van der Waals surface area contributed by atoms with E-state index in [0.717, 1.165) is 29.0 Å². The van der Waals surface area contributed by atoms with Gasteiger partial charge in [-0.15, -0.1) is 0 Å². The minimum absolute atomic E-state index is 0.127. The lowest BCUT2D eigenvalue weighted by Gasteiger charge is -2.38. The SMILES string of the molecule is Cc1ccc(COc2ccc([C@@H]3Nc4ccc(C(=O)O)cc4[C@@H]4c5ccccc5C[C@@H]43)cc2)cc1. The maximum atomic E-state index is 11.7. The summed E-state index contributed by atoms with van der Waals surface area (Å²) in [5, 5.41) is 13.3. The molecule has 4 nitrogen and oxygen atoms in total. The van der Waals surface area contributed by atoms with Gasteiger partial charge in [0.15, 0.2) is 0 Å². The first-order valence-electron chi connectivity index (χ1n) is 12.1. The number of benzene rings is 4. The first-order valence-corrected chi connectivity index (χ1v) is 12.1. The van der Waals surface area contributed by atoms with Crippen molar-refractivity contribution in [1.29, 1.82) is 0 Å². The van der Waals surface area contributed by atoms with E-state index in [1.165, 1.54) is 22.3 Å². The summed E-state index contributed by atoms with van der Waals surface area (Å²) in [4.78, 5) is 11.7. The molecule has 0 radical (unpaired) electrons. The number of fused-ring (bicyclic) bond motifs is 5. The topological polar surface area (TPSA) is 58.6 Å². The van der Waals surface area contributed by atoms with Crippen LogP contribution in [0.5, 0.6) is 5.75 Å². The Morgan fingerprint density at radius 1 is 0.943 bits per heavy atom. The molecule has 4 heteroatoms. The average molecular weight is 462 g/mol. The van der Waals surface area contributed by atoms with Gasteiger partial charge in [-0.1, -0.05) is 66.2 Å². The number of carboxylic acids is 1. The lowest BCUT2D eigenvalue weighted by atomic mass is 9.75. The fourth-order valence-electron chi connectivity index (χ4n) is 5.65. The van der Waals surface area contributed by atoms with Gasteiger partial charge in [0.2, 0.25) is 0 Å². The molecule has 0 saturated carbocycles. The van der Waals surface area contributed by atoms with Crippen LogP contribution in [-0.2, 0) is 13.0 Å². The summed E-state index contributed by atoms with van der Waals surface area (Å²) < 4.78 is 6.03. The van der Waals surface area contributed by atoms with Gasteiger partial charge in [0, 0.05) is 11.6 Å². The van der Waals surface area contributed by atoms with Crippen LogP contribution in [0.3, 0.4) is 0 Å². The summed E-state index contributed by atoms with van der Waals surface area (Å²) in [5.74, 6) is 0.439. The van der Waals surface area contributed by atoms with E-state index in [9.17, 15) is 9.90 Å². The fourth-order valence-corrected chi connectivity index (χ4v) is 5.65. The van der Waals surface area contributed by atoms with Gasteiger partial charge in [-0.3, -0.25) is 0 Å². The highest BCUT2D eigenvalue weighted by Gasteiger charge is 2.43. The smallest absolute Gasteiger partial charge is 0.335 e. The molecule has 6 rings (SSSR count). The molecule has 35 heavy (non-hydrogen) atoms. The number of hydrogen-bond donors (Lipinski definition) is 2. The minimum atomic E-state index is -0.890. The molecule has 2 N–H and O–H groups in total. The van der Waals surface area contributed by atoms with Crippen molar-refractivity contribution in [3.05, 3.63) is 130 Å². The van der Waals surface area contributed by atoms with Gasteiger partial charge in [0.05, 0.1) is 11.6 Å². The second kappa shape index (κ2) is 8.62. The number of ether oxygens (including phenoxy) is 1. The maximum absolute atomic E-state index is 11.7. The normalized spacial score (nSPS) is 19.7. The van der Waals surface area contributed by atoms with Crippen molar-refractivity contribution in [1.82, 2.24) is 0 Å². The van der Waals surface area contributed by atoms with Crippen molar-refractivity contribution < 1.29 is 14.6 Å². The predicted molar refractivity (Wildman–Crippen MR) is 137 cm³/mol.